The molecule has 2 aromatic rings. The third-order valence-electron chi connectivity index (χ3n) is 3.71. The number of carbonyl (C=O) groups is 1. The largest absolute Gasteiger partial charge is 0.496 e. The zero-order valence-electron chi connectivity index (χ0n) is 13.3. The number of rotatable bonds is 5. The van der Waals surface area contributed by atoms with Crippen molar-refractivity contribution in [2.45, 2.75) is 26.3 Å². The van der Waals surface area contributed by atoms with E-state index in [1.807, 2.05) is 38.1 Å². The lowest BCUT2D eigenvalue weighted by molar-refractivity contribution is 0.0935. The first-order chi connectivity index (χ1) is 11.0. The van der Waals surface area contributed by atoms with Gasteiger partial charge >= 0.3 is 0 Å². The van der Waals surface area contributed by atoms with Crippen LogP contribution in [0.4, 0.5) is 0 Å². The minimum atomic E-state index is -0.184. The van der Waals surface area contributed by atoms with Gasteiger partial charge in [-0.3, -0.25) is 4.79 Å². The third-order valence-corrected chi connectivity index (χ3v) is 4.53. The minimum Gasteiger partial charge on any atom is -0.496 e. The van der Waals surface area contributed by atoms with Crippen molar-refractivity contribution in [1.29, 1.82) is 0 Å². The van der Waals surface area contributed by atoms with Crippen LogP contribution in [0.1, 0.15) is 40.9 Å². The highest BCUT2D eigenvalue weighted by Crippen LogP contribution is 2.26. The molecule has 0 aliphatic rings. The van der Waals surface area contributed by atoms with Crippen molar-refractivity contribution in [2.75, 3.05) is 7.11 Å². The molecule has 0 saturated carbocycles. The van der Waals surface area contributed by atoms with Crippen LogP contribution in [-0.2, 0) is 0 Å². The van der Waals surface area contributed by atoms with Gasteiger partial charge in [0.15, 0.2) is 0 Å². The quantitative estimate of drug-likeness (QED) is 0.744. The van der Waals surface area contributed by atoms with Crippen LogP contribution in [0.15, 0.2) is 40.9 Å². The van der Waals surface area contributed by atoms with E-state index >= 15 is 0 Å². The van der Waals surface area contributed by atoms with E-state index in [0.717, 1.165) is 27.8 Å². The lowest BCUT2D eigenvalue weighted by Gasteiger charge is -2.19. The number of benzene rings is 2. The molecule has 1 atom stereocenters. The monoisotopic (exact) mass is 395 g/mol. The summed E-state index contributed by atoms with van der Waals surface area (Å²) >= 11 is 9.50. The van der Waals surface area contributed by atoms with Crippen LogP contribution >= 0.6 is 27.5 Å². The average Bonchev–Trinajstić information content (AvgIpc) is 2.54. The van der Waals surface area contributed by atoms with Crippen LogP contribution in [0, 0.1) is 6.92 Å². The van der Waals surface area contributed by atoms with Crippen LogP contribution in [0.5, 0.6) is 5.75 Å². The Morgan fingerprint density at radius 3 is 2.65 bits per heavy atom. The van der Waals surface area contributed by atoms with Gasteiger partial charge in [-0.1, -0.05) is 46.6 Å². The van der Waals surface area contributed by atoms with Gasteiger partial charge < -0.3 is 10.1 Å². The predicted octanol–water partition coefficient (Wildman–Crippen LogP) is 5.30. The predicted molar refractivity (Wildman–Crippen MR) is 97.4 cm³/mol. The summed E-state index contributed by atoms with van der Waals surface area (Å²) in [7, 11) is 1.65. The molecule has 1 N–H and O–H groups in total. The molecular formula is C18H19BrClNO2. The van der Waals surface area contributed by atoms with Crippen molar-refractivity contribution in [3.05, 3.63) is 62.6 Å². The molecule has 0 saturated heterocycles. The van der Waals surface area contributed by atoms with Gasteiger partial charge in [0.1, 0.15) is 5.75 Å². The first-order valence-corrected chi connectivity index (χ1v) is 8.53. The summed E-state index contributed by atoms with van der Waals surface area (Å²) < 4.78 is 6.10. The highest BCUT2D eigenvalue weighted by Gasteiger charge is 2.17. The zero-order valence-corrected chi connectivity index (χ0v) is 15.7. The van der Waals surface area contributed by atoms with Crippen molar-refractivity contribution >= 4 is 33.4 Å². The van der Waals surface area contributed by atoms with Crippen molar-refractivity contribution in [2.24, 2.45) is 0 Å². The van der Waals surface area contributed by atoms with Crippen LogP contribution in [0.3, 0.4) is 0 Å². The number of hydrogen-bond donors (Lipinski definition) is 1. The van der Waals surface area contributed by atoms with Crippen molar-refractivity contribution < 1.29 is 9.53 Å². The third kappa shape index (κ3) is 4.27. The number of amides is 1. The molecule has 2 rings (SSSR count). The van der Waals surface area contributed by atoms with Crippen molar-refractivity contribution in [3.8, 4) is 5.75 Å². The molecule has 0 radical (unpaired) electrons. The Hall–Kier alpha value is -1.52. The number of halogens is 2. The Bertz CT molecular complexity index is 718. The molecule has 0 aliphatic carbocycles. The maximum absolute atomic E-state index is 12.5. The van der Waals surface area contributed by atoms with E-state index in [9.17, 15) is 4.79 Å². The molecule has 5 heteroatoms. The van der Waals surface area contributed by atoms with Crippen LogP contribution < -0.4 is 10.1 Å². The van der Waals surface area contributed by atoms with Crippen LogP contribution in [0.25, 0.3) is 0 Å². The minimum absolute atomic E-state index is 0.0813. The Balaban J connectivity index is 2.23. The van der Waals surface area contributed by atoms with Gasteiger partial charge in [-0.2, -0.15) is 0 Å². The second-order valence-corrected chi connectivity index (χ2v) is 6.61. The molecule has 122 valence electrons. The molecular weight excluding hydrogens is 378 g/mol. The lowest BCUT2D eigenvalue weighted by Crippen LogP contribution is -2.28. The van der Waals surface area contributed by atoms with Gasteiger partial charge in [0.25, 0.3) is 5.91 Å². The SMILES string of the molecule is CCC(NC(=O)c1cc(Br)ccc1Cl)c1ccc(OC)c(C)c1. The van der Waals surface area contributed by atoms with Gasteiger partial charge in [-0.05, 0) is 48.7 Å². The van der Waals surface area contributed by atoms with E-state index in [1.165, 1.54) is 0 Å². The second-order valence-electron chi connectivity index (χ2n) is 5.29. The number of ether oxygens (including phenoxy) is 1. The molecule has 1 amide bonds. The Morgan fingerprint density at radius 1 is 1.30 bits per heavy atom. The molecule has 2 aromatic carbocycles. The normalized spacial score (nSPS) is 11.9. The zero-order chi connectivity index (χ0) is 17.0. The maximum Gasteiger partial charge on any atom is 0.253 e. The lowest BCUT2D eigenvalue weighted by atomic mass is 10.0. The van der Waals surface area contributed by atoms with Gasteiger partial charge in [-0.15, -0.1) is 0 Å². The van der Waals surface area contributed by atoms with Gasteiger partial charge in [0.05, 0.1) is 23.7 Å². The first kappa shape index (κ1) is 17.8. The number of methoxy groups -OCH3 is 1. The Labute approximate surface area is 150 Å². The molecule has 23 heavy (non-hydrogen) atoms. The van der Waals surface area contributed by atoms with Gasteiger partial charge in [0, 0.05) is 4.47 Å². The molecule has 0 heterocycles. The van der Waals surface area contributed by atoms with Crippen molar-refractivity contribution in [3.63, 3.8) is 0 Å². The van der Waals surface area contributed by atoms with E-state index in [-0.39, 0.29) is 11.9 Å². The molecule has 0 fully saturated rings. The number of aryl methyl sites for hydroxylation is 1. The van der Waals surface area contributed by atoms with E-state index in [0.29, 0.717) is 10.6 Å². The standard InChI is InChI=1S/C18H19BrClNO2/c1-4-16(12-5-8-17(23-3)11(2)9-12)21-18(22)14-10-13(19)6-7-15(14)20/h5-10,16H,4H2,1-3H3,(H,21,22). The van der Waals surface area contributed by atoms with Gasteiger partial charge in [-0.25, -0.2) is 0 Å². The molecule has 0 aliphatic heterocycles. The summed E-state index contributed by atoms with van der Waals surface area (Å²) in [6, 6.07) is 11.1. The van der Waals surface area contributed by atoms with Crippen molar-refractivity contribution in [1.82, 2.24) is 5.32 Å². The maximum atomic E-state index is 12.5. The first-order valence-electron chi connectivity index (χ1n) is 7.36. The fourth-order valence-electron chi connectivity index (χ4n) is 2.45. The number of hydrogen-bond acceptors (Lipinski definition) is 2. The van der Waals surface area contributed by atoms with E-state index in [4.69, 9.17) is 16.3 Å². The smallest absolute Gasteiger partial charge is 0.253 e. The average molecular weight is 397 g/mol. The molecule has 0 bridgehead atoms. The van der Waals surface area contributed by atoms with Crippen LogP contribution in [0.2, 0.25) is 5.02 Å². The fourth-order valence-corrected chi connectivity index (χ4v) is 3.01. The molecule has 0 aromatic heterocycles. The highest BCUT2D eigenvalue weighted by atomic mass is 79.9. The second kappa shape index (κ2) is 7.84. The Kier molecular flexibility index (Phi) is 6.08. The van der Waals surface area contributed by atoms with E-state index < -0.39 is 0 Å². The highest BCUT2D eigenvalue weighted by molar-refractivity contribution is 9.10. The number of carbonyl (C=O) groups excluding carboxylic acids is 1. The number of nitrogens with one attached hydrogen (secondary N) is 1. The summed E-state index contributed by atoms with van der Waals surface area (Å²) in [5.41, 5.74) is 2.55. The molecule has 3 nitrogen and oxygen atoms in total. The topological polar surface area (TPSA) is 38.3 Å². The fraction of sp³-hybridized carbons (Fsp3) is 0.278. The summed E-state index contributed by atoms with van der Waals surface area (Å²) in [5, 5.41) is 3.48. The van der Waals surface area contributed by atoms with Gasteiger partial charge in [0.2, 0.25) is 0 Å². The summed E-state index contributed by atoms with van der Waals surface area (Å²) in [5.74, 6) is 0.654. The molecule has 0 spiro atoms. The van der Waals surface area contributed by atoms with Crippen LogP contribution in [-0.4, -0.2) is 13.0 Å². The summed E-state index contributed by atoms with van der Waals surface area (Å²) in [6.45, 7) is 4.02. The molecule has 1 unspecified atom stereocenters. The summed E-state index contributed by atoms with van der Waals surface area (Å²) in [6.07, 6.45) is 0.781. The summed E-state index contributed by atoms with van der Waals surface area (Å²) in [4.78, 5) is 12.5. The Morgan fingerprint density at radius 2 is 2.04 bits per heavy atom. The van der Waals surface area contributed by atoms with E-state index in [1.54, 1.807) is 19.2 Å². The van der Waals surface area contributed by atoms with E-state index in [2.05, 4.69) is 21.2 Å².